The van der Waals surface area contributed by atoms with Crippen molar-refractivity contribution >= 4 is 11.9 Å². The van der Waals surface area contributed by atoms with E-state index in [1.54, 1.807) is 7.11 Å². The predicted molar refractivity (Wildman–Crippen MR) is 99.3 cm³/mol. The number of piperidine rings is 1. The van der Waals surface area contributed by atoms with E-state index in [4.69, 9.17) is 14.3 Å². The molecule has 0 saturated carbocycles. The van der Waals surface area contributed by atoms with Gasteiger partial charge in [-0.25, -0.2) is 9.59 Å². The molecule has 1 saturated heterocycles. The molecule has 148 valence electrons. The number of hydrogen-bond donors (Lipinski definition) is 1. The van der Waals surface area contributed by atoms with Crippen LogP contribution >= 0.6 is 0 Å². The van der Waals surface area contributed by atoms with Gasteiger partial charge >= 0.3 is 11.9 Å². The number of carbonyl (C=O) groups excluding carboxylic acids is 2. The number of ether oxygens (including phenoxy) is 2. The van der Waals surface area contributed by atoms with Crippen LogP contribution in [-0.2, 0) is 23.9 Å². The number of hydrogen-bond acceptors (Lipinski definition) is 7. The monoisotopic (exact) mass is 368 g/mol. The van der Waals surface area contributed by atoms with E-state index in [-0.39, 0.29) is 30.3 Å². The van der Waals surface area contributed by atoms with Gasteiger partial charge in [-0.2, -0.15) is 5.06 Å². The van der Waals surface area contributed by atoms with E-state index >= 15 is 0 Å². The van der Waals surface area contributed by atoms with E-state index in [2.05, 4.69) is 46.2 Å². The van der Waals surface area contributed by atoms with Gasteiger partial charge in [-0.15, -0.1) is 0 Å². The lowest BCUT2D eigenvalue weighted by Gasteiger charge is -2.53. The first-order chi connectivity index (χ1) is 12.1. The third kappa shape index (κ3) is 5.65. The molecule has 7 heteroatoms. The minimum Gasteiger partial charge on any atom is -0.460 e. The number of nitrogens with one attached hydrogen (secondary N) is 1. The molecule has 1 aliphatic heterocycles. The van der Waals surface area contributed by atoms with Crippen LogP contribution in [0.1, 0.15) is 40.5 Å². The molecule has 0 spiro atoms. The fourth-order valence-electron chi connectivity index (χ4n) is 3.79. The molecule has 1 rings (SSSR count). The lowest BCUT2D eigenvalue weighted by atomic mass is 9.78. The summed E-state index contributed by atoms with van der Waals surface area (Å²) in [6.07, 6.45) is 4.27. The highest BCUT2D eigenvalue weighted by atomic mass is 16.7. The maximum absolute atomic E-state index is 12.3. The summed E-state index contributed by atoms with van der Waals surface area (Å²) in [5.74, 6) is -1.35. The molecule has 0 bridgehead atoms. The Morgan fingerprint density at radius 1 is 1.08 bits per heavy atom. The molecular weight excluding hydrogens is 336 g/mol. The Morgan fingerprint density at radius 3 is 1.85 bits per heavy atom. The minimum atomic E-state index is -1.19. The van der Waals surface area contributed by atoms with Crippen LogP contribution in [0.3, 0.4) is 0 Å². The Hall–Kier alpha value is -1.70. The summed E-state index contributed by atoms with van der Waals surface area (Å²) in [4.78, 5) is 30.2. The lowest BCUT2D eigenvalue weighted by molar-refractivity contribution is -0.267. The van der Waals surface area contributed by atoms with Gasteiger partial charge in [0, 0.05) is 17.1 Å². The van der Waals surface area contributed by atoms with Crippen LogP contribution in [0.4, 0.5) is 0 Å². The molecular formula is C19H32N2O5. The second kappa shape index (κ2) is 9.30. The second-order valence-electron chi connectivity index (χ2n) is 7.64. The Balaban J connectivity index is 2.95. The summed E-state index contributed by atoms with van der Waals surface area (Å²) in [5, 5.41) is 5.09. The van der Waals surface area contributed by atoms with Crippen LogP contribution < -0.4 is 5.32 Å². The van der Waals surface area contributed by atoms with Crippen molar-refractivity contribution < 1.29 is 23.9 Å². The maximum atomic E-state index is 12.3. The first-order valence-corrected chi connectivity index (χ1v) is 8.74. The van der Waals surface area contributed by atoms with Crippen LogP contribution in [0.15, 0.2) is 25.3 Å². The van der Waals surface area contributed by atoms with Crippen LogP contribution in [0, 0.1) is 0 Å². The maximum Gasteiger partial charge on any atom is 0.335 e. The number of carbonyl (C=O) groups is 2. The molecule has 1 fully saturated rings. The molecule has 0 aromatic rings. The van der Waals surface area contributed by atoms with E-state index < -0.39 is 18.0 Å². The van der Waals surface area contributed by atoms with E-state index in [9.17, 15) is 9.59 Å². The summed E-state index contributed by atoms with van der Waals surface area (Å²) >= 11 is 0. The van der Waals surface area contributed by atoms with Gasteiger partial charge in [0.25, 0.3) is 0 Å². The van der Waals surface area contributed by atoms with E-state index in [0.29, 0.717) is 12.8 Å². The van der Waals surface area contributed by atoms with Crippen molar-refractivity contribution in [1.82, 2.24) is 10.4 Å². The lowest BCUT2D eigenvalue weighted by Crippen LogP contribution is -2.65. The van der Waals surface area contributed by atoms with Crippen LogP contribution in [0.2, 0.25) is 0 Å². The molecule has 0 amide bonds. The van der Waals surface area contributed by atoms with Gasteiger partial charge in [0.1, 0.15) is 13.2 Å². The van der Waals surface area contributed by atoms with Gasteiger partial charge in [0.2, 0.25) is 6.04 Å². The minimum absolute atomic E-state index is 0.0326. The molecule has 1 heterocycles. The van der Waals surface area contributed by atoms with Crippen molar-refractivity contribution in [2.24, 2.45) is 0 Å². The second-order valence-corrected chi connectivity index (χ2v) is 7.64. The third-order valence-electron chi connectivity index (χ3n) is 4.33. The Kier molecular flexibility index (Phi) is 7.99. The molecule has 0 aromatic carbocycles. The summed E-state index contributed by atoms with van der Waals surface area (Å²) in [6.45, 7) is 15.3. The molecule has 7 nitrogen and oxygen atoms in total. The average Bonchev–Trinajstić information content (AvgIpc) is 2.53. The largest absolute Gasteiger partial charge is 0.460 e. The fourth-order valence-corrected chi connectivity index (χ4v) is 3.79. The molecule has 1 N–H and O–H groups in total. The first-order valence-electron chi connectivity index (χ1n) is 8.74. The number of nitrogens with zero attached hydrogens (tertiary/aromatic N) is 1. The molecule has 0 aromatic heterocycles. The zero-order valence-electron chi connectivity index (χ0n) is 16.5. The topological polar surface area (TPSA) is 77.1 Å². The highest BCUT2D eigenvalue weighted by molar-refractivity contribution is 5.99. The quantitative estimate of drug-likeness (QED) is 0.379. The molecule has 0 aliphatic carbocycles. The van der Waals surface area contributed by atoms with Crippen molar-refractivity contribution in [3.63, 3.8) is 0 Å². The number of hydroxylamine groups is 2. The fraction of sp³-hybridized carbons (Fsp3) is 0.684. The third-order valence-corrected chi connectivity index (χ3v) is 4.33. The molecule has 0 atom stereocenters. The summed E-state index contributed by atoms with van der Waals surface area (Å²) in [5.41, 5.74) is -0.566. The van der Waals surface area contributed by atoms with E-state index in [1.165, 1.54) is 12.2 Å². The van der Waals surface area contributed by atoms with E-state index in [0.717, 1.165) is 0 Å². The van der Waals surface area contributed by atoms with Gasteiger partial charge in [-0.05, 0) is 40.5 Å². The van der Waals surface area contributed by atoms with Crippen molar-refractivity contribution in [1.29, 1.82) is 0 Å². The first kappa shape index (κ1) is 22.3. The van der Waals surface area contributed by atoms with Gasteiger partial charge in [0.05, 0.1) is 7.11 Å². The van der Waals surface area contributed by atoms with Crippen molar-refractivity contribution in [2.45, 2.75) is 63.7 Å². The summed E-state index contributed by atoms with van der Waals surface area (Å²) in [6, 6.07) is -1.29. The van der Waals surface area contributed by atoms with Crippen molar-refractivity contribution in [3.8, 4) is 0 Å². The molecule has 1 aliphatic rings. The SMILES string of the molecule is C=CCOC(=O)C(NC1CC(C)(C)N(OC)C(C)(C)C1)C(=O)OCC=C. The normalized spacial score (nSPS) is 19.8. The average molecular weight is 368 g/mol. The Morgan fingerprint density at radius 2 is 1.50 bits per heavy atom. The van der Waals surface area contributed by atoms with Crippen LogP contribution in [-0.4, -0.2) is 60.5 Å². The van der Waals surface area contributed by atoms with Crippen LogP contribution in [0.5, 0.6) is 0 Å². The van der Waals surface area contributed by atoms with E-state index in [1.807, 2.05) is 5.06 Å². The Bertz CT molecular complexity index is 488. The standard InChI is InChI=1S/C19H32N2O5/c1-8-10-25-16(22)15(17(23)26-11-9-2)20-14-12-18(3,4)21(24-7)19(5,6)13-14/h8-9,14-15,20H,1-2,10-13H2,3-7H3. The zero-order valence-corrected chi connectivity index (χ0v) is 16.5. The highest BCUT2D eigenvalue weighted by Crippen LogP contribution is 2.38. The molecule has 0 unspecified atom stereocenters. The number of esters is 2. The highest BCUT2D eigenvalue weighted by Gasteiger charge is 2.47. The molecule has 26 heavy (non-hydrogen) atoms. The molecule has 0 radical (unpaired) electrons. The van der Waals surface area contributed by atoms with Gasteiger partial charge in [-0.3, -0.25) is 5.32 Å². The smallest absolute Gasteiger partial charge is 0.335 e. The number of rotatable bonds is 9. The summed E-state index contributed by atoms with van der Waals surface area (Å²) in [7, 11) is 1.65. The van der Waals surface area contributed by atoms with Gasteiger partial charge in [0.15, 0.2) is 0 Å². The zero-order chi connectivity index (χ0) is 20.0. The summed E-state index contributed by atoms with van der Waals surface area (Å²) < 4.78 is 10.1. The Labute approximate surface area is 156 Å². The van der Waals surface area contributed by atoms with Crippen LogP contribution in [0.25, 0.3) is 0 Å². The van der Waals surface area contributed by atoms with Gasteiger partial charge in [-0.1, -0.05) is 25.3 Å². The van der Waals surface area contributed by atoms with Crippen molar-refractivity contribution in [3.05, 3.63) is 25.3 Å². The van der Waals surface area contributed by atoms with Crippen molar-refractivity contribution in [2.75, 3.05) is 20.3 Å². The van der Waals surface area contributed by atoms with Gasteiger partial charge < -0.3 is 14.3 Å². The predicted octanol–water partition coefficient (Wildman–Crippen LogP) is 1.99.